The second-order valence-electron chi connectivity index (χ2n) is 3.65. The molecule has 0 radical (unpaired) electrons. The highest BCUT2D eigenvalue weighted by Gasteiger charge is 2.04. The van der Waals surface area contributed by atoms with E-state index in [0.29, 0.717) is 0 Å². The minimum absolute atomic E-state index is 0.731. The summed E-state index contributed by atoms with van der Waals surface area (Å²) in [4.78, 5) is 0. The maximum Gasteiger partial charge on any atom is 0.0487 e. The van der Waals surface area contributed by atoms with E-state index >= 15 is 0 Å². The van der Waals surface area contributed by atoms with E-state index in [0.717, 1.165) is 18.4 Å². The van der Waals surface area contributed by atoms with E-state index in [1.165, 1.54) is 19.3 Å². The Bertz CT molecular complexity index is 80.9. The van der Waals surface area contributed by atoms with Gasteiger partial charge in [-0.1, -0.05) is 33.6 Å². The standard InChI is InChI=1S/C10H22O/c1-5-9(2)6-7-10(3)8-11-4/h9-10H,5-8H2,1-4H3/t9-,10-/m0/s1. The lowest BCUT2D eigenvalue weighted by atomic mass is 9.97. The van der Waals surface area contributed by atoms with Gasteiger partial charge in [-0.15, -0.1) is 0 Å². The SMILES string of the molecule is CC[C@H](C)CC[C@H](C)COC. The Morgan fingerprint density at radius 3 is 2.09 bits per heavy atom. The van der Waals surface area contributed by atoms with Crippen molar-refractivity contribution < 1.29 is 4.74 Å². The molecule has 0 aliphatic carbocycles. The van der Waals surface area contributed by atoms with Crippen LogP contribution in [0.25, 0.3) is 0 Å². The van der Waals surface area contributed by atoms with Gasteiger partial charge >= 0.3 is 0 Å². The maximum atomic E-state index is 5.07. The average molecular weight is 158 g/mol. The number of ether oxygens (including phenoxy) is 1. The molecule has 0 aliphatic rings. The van der Waals surface area contributed by atoms with Crippen LogP contribution in [0.15, 0.2) is 0 Å². The highest BCUT2D eigenvalue weighted by Crippen LogP contribution is 2.14. The van der Waals surface area contributed by atoms with Crippen LogP contribution in [-0.4, -0.2) is 13.7 Å². The molecule has 1 nitrogen and oxygen atoms in total. The van der Waals surface area contributed by atoms with E-state index in [4.69, 9.17) is 4.74 Å². The van der Waals surface area contributed by atoms with Gasteiger partial charge in [-0.05, 0) is 18.3 Å². The summed E-state index contributed by atoms with van der Waals surface area (Å²) in [5, 5.41) is 0. The minimum atomic E-state index is 0.731. The zero-order valence-corrected chi connectivity index (χ0v) is 8.39. The van der Waals surface area contributed by atoms with Gasteiger partial charge in [-0.2, -0.15) is 0 Å². The molecule has 0 aromatic heterocycles. The Labute approximate surface area is 71.1 Å². The molecule has 68 valence electrons. The highest BCUT2D eigenvalue weighted by molar-refractivity contribution is 4.55. The molecule has 11 heavy (non-hydrogen) atoms. The van der Waals surface area contributed by atoms with Crippen molar-refractivity contribution in [1.29, 1.82) is 0 Å². The van der Waals surface area contributed by atoms with Crippen molar-refractivity contribution >= 4 is 0 Å². The van der Waals surface area contributed by atoms with E-state index in [2.05, 4.69) is 20.8 Å². The van der Waals surface area contributed by atoms with Crippen LogP contribution in [0.5, 0.6) is 0 Å². The zero-order valence-electron chi connectivity index (χ0n) is 8.39. The van der Waals surface area contributed by atoms with Crippen LogP contribution < -0.4 is 0 Å². The van der Waals surface area contributed by atoms with Crippen LogP contribution in [0.1, 0.15) is 40.0 Å². The van der Waals surface area contributed by atoms with Crippen molar-refractivity contribution in [3.05, 3.63) is 0 Å². The quantitative estimate of drug-likeness (QED) is 0.577. The van der Waals surface area contributed by atoms with Crippen molar-refractivity contribution in [2.24, 2.45) is 11.8 Å². The lowest BCUT2D eigenvalue weighted by Crippen LogP contribution is -2.05. The van der Waals surface area contributed by atoms with Crippen LogP contribution in [0, 0.1) is 11.8 Å². The third-order valence-corrected chi connectivity index (χ3v) is 2.30. The third-order valence-electron chi connectivity index (χ3n) is 2.30. The van der Waals surface area contributed by atoms with Gasteiger partial charge in [0.2, 0.25) is 0 Å². The van der Waals surface area contributed by atoms with Gasteiger partial charge in [0, 0.05) is 13.7 Å². The monoisotopic (exact) mass is 158 g/mol. The fraction of sp³-hybridized carbons (Fsp3) is 1.00. The first-order valence-electron chi connectivity index (χ1n) is 4.69. The minimum Gasteiger partial charge on any atom is -0.384 e. The second kappa shape index (κ2) is 6.66. The predicted octanol–water partition coefficient (Wildman–Crippen LogP) is 3.10. The van der Waals surface area contributed by atoms with Crippen molar-refractivity contribution in [3.8, 4) is 0 Å². The van der Waals surface area contributed by atoms with Crippen LogP contribution in [0.4, 0.5) is 0 Å². The van der Waals surface area contributed by atoms with Crippen LogP contribution in [0.3, 0.4) is 0 Å². The van der Waals surface area contributed by atoms with Crippen molar-refractivity contribution in [3.63, 3.8) is 0 Å². The number of hydrogen-bond donors (Lipinski definition) is 0. The van der Waals surface area contributed by atoms with Gasteiger partial charge in [0.05, 0.1) is 0 Å². The first-order valence-corrected chi connectivity index (χ1v) is 4.69. The second-order valence-corrected chi connectivity index (χ2v) is 3.65. The predicted molar refractivity (Wildman–Crippen MR) is 49.7 cm³/mol. The van der Waals surface area contributed by atoms with Gasteiger partial charge in [-0.3, -0.25) is 0 Å². The molecule has 0 unspecified atom stereocenters. The number of methoxy groups -OCH3 is 1. The van der Waals surface area contributed by atoms with E-state index in [1.807, 2.05) is 0 Å². The molecule has 0 saturated carbocycles. The Morgan fingerprint density at radius 1 is 1.09 bits per heavy atom. The zero-order chi connectivity index (χ0) is 8.69. The largest absolute Gasteiger partial charge is 0.384 e. The molecule has 0 aliphatic heterocycles. The van der Waals surface area contributed by atoms with Crippen molar-refractivity contribution in [2.75, 3.05) is 13.7 Å². The van der Waals surface area contributed by atoms with Crippen LogP contribution in [0.2, 0.25) is 0 Å². The molecule has 2 atom stereocenters. The lowest BCUT2D eigenvalue weighted by molar-refractivity contribution is 0.152. The Balaban J connectivity index is 3.22. The molecule has 0 aromatic carbocycles. The third kappa shape index (κ3) is 6.36. The highest BCUT2D eigenvalue weighted by atomic mass is 16.5. The normalized spacial score (nSPS) is 16.4. The number of hydrogen-bond acceptors (Lipinski definition) is 1. The van der Waals surface area contributed by atoms with E-state index in [-0.39, 0.29) is 0 Å². The summed E-state index contributed by atoms with van der Waals surface area (Å²) >= 11 is 0. The molecule has 0 rings (SSSR count). The molecule has 1 heteroatoms. The summed E-state index contributed by atoms with van der Waals surface area (Å²) in [6, 6.07) is 0. The summed E-state index contributed by atoms with van der Waals surface area (Å²) in [5.74, 6) is 1.61. The fourth-order valence-corrected chi connectivity index (χ4v) is 1.14. The molecule has 0 spiro atoms. The van der Waals surface area contributed by atoms with Gasteiger partial charge in [0.25, 0.3) is 0 Å². The molecule has 0 bridgehead atoms. The van der Waals surface area contributed by atoms with Crippen LogP contribution >= 0.6 is 0 Å². The smallest absolute Gasteiger partial charge is 0.0487 e. The molecular formula is C10H22O. The summed E-state index contributed by atoms with van der Waals surface area (Å²) in [7, 11) is 1.78. The molecule has 0 heterocycles. The van der Waals surface area contributed by atoms with E-state index in [9.17, 15) is 0 Å². The van der Waals surface area contributed by atoms with Gasteiger partial charge < -0.3 is 4.74 Å². The maximum absolute atomic E-state index is 5.07. The molecule has 0 aromatic rings. The van der Waals surface area contributed by atoms with Gasteiger partial charge in [0.1, 0.15) is 0 Å². The summed E-state index contributed by atoms with van der Waals surface area (Å²) in [5.41, 5.74) is 0. The molecule has 0 saturated heterocycles. The fourth-order valence-electron chi connectivity index (χ4n) is 1.14. The Morgan fingerprint density at radius 2 is 1.64 bits per heavy atom. The number of rotatable bonds is 6. The Kier molecular flexibility index (Phi) is 6.63. The molecule has 0 fully saturated rings. The molecule has 0 amide bonds. The summed E-state index contributed by atoms with van der Waals surface area (Å²) < 4.78 is 5.07. The van der Waals surface area contributed by atoms with E-state index < -0.39 is 0 Å². The first-order chi connectivity index (χ1) is 5.20. The lowest BCUT2D eigenvalue weighted by Gasteiger charge is -2.12. The average Bonchev–Trinajstić information content (AvgIpc) is 2.01. The first kappa shape index (κ1) is 11.0. The summed E-state index contributed by atoms with van der Waals surface area (Å²) in [6.07, 6.45) is 3.96. The molecule has 0 N–H and O–H groups in total. The van der Waals surface area contributed by atoms with Gasteiger partial charge in [-0.25, -0.2) is 0 Å². The van der Waals surface area contributed by atoms with E-state index in [1.54, 1.807) is 7.11 Å². The topological polar surface area (TPSA) is 9.23 Å². The van der Waals surface area contributed by atoms with Gasteiger partial charge in [0.15, 0.2) is 0 Å². The molecular weight excluding hydrogens is 136 g/mol. The van der Waals surface area contributed by atoms with Crippen molar-refractivity contribution in [2.45, 2.75) is 40.0 Å². The summed E-state index contributed by atoms with van der Waals surface area (Å²) in [6.45, 7) is 7.74. The van der Waals surface area contributed by atoms with Crippen LogP contribution in [-0.2, 0) is 4.74 Å². The Hall–Kier alpha value is -0.0400. The van der Waals surface area contributed by atoms with Crippen molar-refractivity contribution in [1.82, 2.24) is 0 Å².